The topological polar surface area (TPSA) is 69.1 Å². The summed E-state index contributed by atoms with van der Waals surface area (Å²) in [7, 11) is 0. The van der Waals surface area contributed by atoms with Crippen molar-refractivity contribution in [2.45, 2.75) is 19.9 Å². The van der Waals surface area contributed by atoms with E-state index < -0.39 is 0 Å². The number of amidine groups is 1. The average molecular weight is 395 g/mol. The van der Waals surface area contributed by atoms with Gasteiger partial charge in [-0.1, -0.05) is 36.4 Å². The van der Waals surface area contributed by atoms with E-state index in [2.05, 4.69) is 52.0 Å². The van der Waals surface area contributed by atoms with Crippen molar-refractivity contribution in [3.8, 4) is 5.69 Å². The van der Waals surface area contributed by atoms with Crippen molar-refractivity contribution in [2.24, 2.45) is 4.99 Å². The van der Waals surface area contributed by atoms with E-state index >= 15 is 0 Å². The first-order valence-corrected chi connectivity index (χ1v) is 9.86. The molecule has 1 unspecified atom stereocenters. The van der Waals surface area contributed by atoms with Crippen LogP contribution in [0.3, 0.4) is 0 Å². The Morgan fingerprint density at radius 2 is 2.03 bits per heavy atom. The van der Waals surface area contributed by atoms with Gasteiger partial charge in [-0.05, 0) is 30.2 Å². The lowest BCUT2D eigenvalue weighted by molar-refractivity contribution is 0.372. The highest BCUT2D eigenvalue weighted by atomic mass is 16.5. The number of aliphatic imine (C=N–C) groups is 1. The number of quaternary nitrogens is 1. The van der Waals surface area contributed by atoms with Gasteiger partial charge >= 0.3 is 5.95 Å². The van der Waals surface area contributed by atoms with Gasteiger partial charge in [-0.2, -0.15) is 9.48 Å². The zero-order valence-corrected chi connectivity index (χ0v) is 16.4. The van der Waals surface area contributed by atoms with E-state index in [-0.39, 0.29) is 4.48 Å². The van der Waals surface area contributed by atoms with Crippen LogP contribution in [0.25, 0.3) is 5.69 Å². The highest BCUT2D eigenvalue weighted by Crippen LogP contribution is 2.36. The highest BCUT2D eigenvalue weighted by Gasteiger charge is 2.47. The fraction of sp³-hybridized carbons (Fsp3) is 0.130. The van der Waals surface area contributed by atoms with E-state index in [0.717, 1.165) is 28.3 Å². The maximum absolute atomic E-state index is 5.65. The fourth-order valence-corrected chi connectivity index (χ4v) is 4.23. The third-order valence-corrected chi connectivity index (χ3v) is 5.69. The number of nitrogens with zero attached hydrogens (tertiary/aromatic N) is 6. The molecule has 2 aromatic heterocycles. The minimum atomic E-state index is 0.278. The molecule has 0 amide bonds. The summed E-state index contributed by atoms with van der Waals surface area (Å²) in [5, 5.41) is 4.38. The summed E-state index contributed by atoms with van der Waals surface area (Å²) in [5.41, 5.74) is 5.49. The fourth-order valence-electron chi connectivity index (χ4n) is 4.23. The lowest BCUT2D eigenvalue weighted by Crippen LogP contribution is -2.47. The zero-order chi connectivity index (χ0) is 20.1. The molecule has 146 valence electrons. The van der Waals surface area contributed by atoms with E-state index in [1.165, 1.54) is 5.56 Å². The van der Waals surface area contributed by atoms with Crippen molar-refractivity contribution in [2.75, 3.05) is 0 Å². The highest BCUT2D eigenvalue weighted by molar-refractivity contribution is 6.10. The Morgan fingerprint density at radius 1 is 1.13 bits per heavy atom. The van der Waals surface area contributed by atoms with Crippen LogP contribution in [-0.4, -0.2) is 25.5 Å². The second-order valence-electron chi connectivity index (χ2n) is 7.70. The molecule has 2 aliphatic heterocycles. The largest absolute Gasteiger partial charge is 0.377 e. The molecule has 30 heavy (non-hydrogen) atoms. The molecule has 0 saturated heterocycles. The standard InChI is InChI=1S/C23H19N6O/c1-16-7-8-19-20(11-16)28-15-24-13-18(28)14-29(10-9-25-22(19)29)23-26-21(30-27-23)12-17-5-3-2-4-6-17/h2-11,13,15H,12,14H2,1H3/q+1. The Morgan fingerprint density at radius 3 is 2.93 bits per heavy atom. The quantitative estimate of drug-likeness (QED) is 0.493. The van der Waals surface area contributed by atoms with Crippen LogP contribution in [0, 0.1) is 6.92 Å². The SMILES string of the molecule is Cc1ccc2c(c1)-n1cncc1C[N+]1(c3noc(Cc4ccccc4)n3)C=CN=C21. The van der Waals surface area contributed by atoms with Gasteiger partial charge in [0.1, 0.15) is 12.7 Å². The Kier molecular flexibility index (Phi) is 3.60. The molecule has 2 aromatic carbocycles. The summed E-state index contributed by atoms with van der Waals surface area (Å²) in [5.74, 6) is 2.06. The van der Waals surface area contributed by atoms with Gasteiger partial charge in [-0.15, -0.1) is 4.98 Å². The molecule has 0 N–H and O–H groups in total. The molecule has 7 heteroatoms. The predicted molar refractivity (Wildman–Crippen MR) is 113 cm³/mol. The minimum Gasteiger partial charge on any atom is -0.334 e. The van der Waals surface area contributed by atoms with Crippen LogP contribution in [0.2, 0.25) is 0 Å². The number of hydrogen-bond donors (Lipinski definition) is 0. The van der Waals surface area contributed by atoms with Crippen molar-refractivity contribution in [3.63, 3.8) is 0 Å². The first-order valence-electron chi connectivity index (χ1n) is 9.86. The van der Waals surface area contributed by atoms with E-state index in [0.29, 0.717) is 24.8 Å². The van der Waals surface area contributed by atoms with Gasteiger partial charge in [-0.25, -0.2) is 4.98 Å². The maximum atomic E-state index is 5.65. The number of hydrogen-bond acceptors (Lipinski definition) is 5. The number of aryl methyl sites for hydroxylation is 1. The molecule has 0 aliphatic carbocycles. The van der Waals surface area contributed by atoms with Crippen LogP contribution in [0.15, 0.2) is 83.0 Å². The number of rotatable bonds is 3. The smallest absolute Gasteiger partial charge is 0.334 e. The van der Waals surface area contributed by atoms with Gasteiger partial charge in [-0.3, -0.25) is 4.57 Å². The molecule has 0 bridgehead atoms. The first kappa shape index (κ1) is 17.1. The number of fused-ring (bicyclic) bond motifs is 5. The summed E-state index contributed by atoms with van der Waals surface area (Å²) in [6.45, 7) is 2.70. The van der Waals surface area contributed by atoms with Crippen LogP contribution in [0.1, 0.15) is 28.3 Å². The summed E-state index contributed by atoms with van der Waals surface area (Å²) >= 11 is 0. The molecule has 6 rings (SSSR count). The Hall–Kier alpha value is -3.84. The Bertz CT molecular complexity index is 1320. The molecule has 0 radical (unpaired) electrons. The van der Waals surface area contributed by atoms with Crippen LogP contribution < -0.4 is 4.48 Å². The lowest BCUT2D eigenvalue weighted by Gasteiger charge is -2.25. The van der Waals surface area contributed by atoms with Crippen molar-refractivity contribution in [1.82, 2.24) is 24.2 Å². The van der Waals surface area contributed by atoms with E-state index in [1.54, 1.807) is 0 Å². The van der Waals surface area contributed by atoms with Crippen LogP contribution in [0.5, 0.6) is 0 Å². The molecule has 2 aliphatic rings. The second-order valence-corrected chi connectivity index (χ2v) is 7.70. The number of aromatic nitrogens is 4. The molecule has 7 nitrogen and oxygen atoms in total. The van der Waals surface area contributed by atoms with Gasteiger partial charge in [0.15, 0.2) is 0 Å². The van der Waals surface area contributed by atoms with Crippen molar-refractivity contribution >= 4 is 11.8 Å². The summed E-state index contributed by atoms with van der Waals surface area (Å²) < 4.78 is 8.06. The lowest BCUT2D eigenvalue weighted by atomic mass is 10.1. The average Bonchev–Trinajstić information content (AvgIpc) is 3.49. The molecular formula is C23H19N6O+. The van der Waals surface area contributed by atoms with E-state index in [9.17, 15) is 0 Å². The van der Waals surface area contributed by atoms with Crippen molar-refractivity contribution in [1.29, 1.82) is 0 Å². The normalized spacial score (nSPS) is 19.0. The van der Waals surface area contributed by atoms with Gasteiger partial charge < -0.3 is 4.52 Å². The Balaban J connectivity index is 1.49. The number of benzene rings is 2. The molecule has 0 saturated carbocycles. The predicted octanol–water partition coefficient (Wildman–Crippen LogP) is 3.91. The third kappa shape index (κ3) is 2.49. The molecule has 0 fully saturated rings. The minimum absolute atomic E-state index is 0.278. The Labute approximate surface area is 173 Å². The van der Waals surface area contributed by atoms with Crippen molar-refractivity contribution < 1.29 is 4.52 Å². The molecular weight excluding hydrogens is 376 g/mol. The summed E-state index contributed by atoms with van der Waals surface area (Å²) in [4.78, 5) is 13.9. The molecule has 4 aromatic rings. The third-order valence-electron chi connectivity index (χ3n) is 5.69. The van der Waals surface area contributed by atoms with Gasteiger partial charge in [0, 0.05) is 5.16 Å². The van der Waals surface area contributed by atoms with E-state index in [1.807, 2.05) is 43.1 Å². The maximum Gasteiger partial charge on any atom is 0.377 e. The number of imidazole rings is 1. The molecule has 4 heterocycles. The molecule has 0 spiro atoms. The van der Waals surface area contributed by atoms with Crippen LogP contribution in [0.4, 0.5) is 5.95 Å². The van der Waals surface area contributed by atoms with Gasteiger partial charge in [0.2, 0.25) is 11.7 Å². The van der Waals surface area contributed by atoms with E-state index in [4.69, 9.17) is 14.5 Å². The second kappa shape index (κ2) is 6.33. The summed E-state index contributed by atoms with van der Waals surface area (Å²) in [6.07, 6.45) is 8.20. The zero-order valence-electron chi connectivity index (χ0n) is 16.4. The monoisotopic (exact) mass is 395 g/mol. The van der Waals surface area contributed by atoms with Gasteiger partial charge in [0.25, 0.3) is 0 Å². The van der Waals surface area contributed by atoms with Crippen LogP contribution >= 0.6 is 0 Å². The molecule has 1 atom stereocenters. The summed E-state index contributed by atoms with van der Waals surface area (Å²) in [6, 6.07) is 16.5. The van der Waals surface area contributed by atoms with Crippen molar-refractivity contribution in [3.05, 3.63) is 102 Å². The van der Waals surface area contributed by atoms with Gasteiger partial charge in [0.05, 0.1) is 42.1 Å². The van der Waals surface area contributed by atoms with Crippen LogP contribution in [-0.2, 0) is 13.0 Å². The first-order chi connectivity index (χ1) is 14.7.